The van der Waals surface area contributed by atoms with Crippen molar-refractivity contribution in [2.24, 2.45) is 0 Å². The van der Waals surface area contributed by atoms with E-state index in [1.165, 1.54) is 22.9 Å². The molecule has 1 aromatic carbocycles. The molecule has 5 unspecified atom stereocenters. The van der Waals surface area contributed by atoms with Gasteiger partial charge in [-0.3, -0.25) is 9.36 Å². The highest BCUT2D eigenvalue weighted by molar-refractivity contribution is 5.89. The molecule has 1 aliphatic heterocycles. The maximum atomic E-state index is 12.4. The normalized spacial score (nSPS) is 27.9. The van der Waals surface area contributed by atoms with Gasteiger partial charge in [0.15, 0.2) is 0 Å². The first-order chi connectivity index (χ1) is 12.9. The third-order valence-electron chi connectivity index (χ3n) is 4.25. The lowest BCUT2D eigenvalue weighted by Crippen LogP contribution is -2.59. The Hall–Kier alpha value is -2.56. The van der Waals surface area contributed by atoms with Gasteiger partial charge in [0.25, 0.3) is 5.56 Å². The van der Waals surface area contributed by atoms with Crippen molar-refractivity contribution in [3.05, 3.63) is 64.6 Å². The molecule has 4 N–H and O–H groups in total. The summed E-state index contributed by atoms with van der Waals surface area (Å²) in [5.41, 5.74) is 0.200. The van der Waals surface area contributed by atoms with Crippen LogP contribution in [0.4, 0.5) is 0 Å². The summed E-state index contributed by atoms with van der Waals surface area (Å²) in [5.74, 6) is -0.913. The summed E-state index contributed by atoms with van der Waals surface area (Å²) in [7, 11) is 0. The third kappa shape index (κ3) is 3.92. The van der Waals surface area contributed by atoms with E-state index in [0.29, 0.717) is 5.69 Å². The number of carbonyl (C=O) groups excluding carboxylic acids is 1. The number of ether oxygens (including phenoxy) is 2. The van der Waals surface area contributed by atoms with Crippen LogP contribution in [0.2, 0.25) is 0 Å². The number of hydrogen-bond donors (Lipinski definition) is 4. The maximum Gasteiger partial charge on any atom is 0.342 e. The van der Waals surface area contributed by atoms with Gasteiger partial charge in [-0.05, 0) is 18.2 Å². The Kier molecular flexibility index (Phi) is 5.68. The number of hydrogen-bond acceptors (Lipinski definition) is 8. The second kappa shape index (κ2) is 7.99. The average molecular weight is 377 g/mol. The number of nitrogens with zero attached hydrogens (tertiary/aromatic N) is 1. The average Bonchev–Trinajstić information content (AvgIpc) is 2.69. The minimum atomic E-state index is -1.70. The second-order valence-electron chi connectivity index (χ2n) is 6.06. The number of para-hydroxylation sites is 1. The summed E-state index contributed by atoms with van der Waals surface area (Å²) in [6, 6.07) is 11.1. The highest BCUT2D eigenvalue weighted by Gasteiger charge is 2.45. The first-order valence-electron chi connectivity index (χ1n) is 8.22. The fraction of sp³-hybridized carbons (Fsp3) is 0.333. The first-order valence-corrected chi connectivity index (χ1v) is 8.22. The van der Waals surface area contributed by atoms with Gasteiger partial charge < -0.3 is 29.9 Å². The minimum absolute atomic E-state index is 0.00964. The number of carbonyl (C=O) groups is 1. The molecule has 0 aliphatic carbocycles. The zero-order chi connectivity index (χ0) is 19.6. The molecule has 144 valence electrons. The predicted octanol–water partition coefficient (Wildman–Crippen LogP) is -1.21. The molecule has 5 atom stereocenters. The van der Waals surface area contributed by atoms with E-state index in [4.69, 9.17) is 9.47 Å². The maximum absolute atomic E-state index is 12.4. The highest BCUT2D eigenvalue weighted by atomic mass is 16.7. The van der Waals surface area contributed by atoms with Crippen LogP contribution in [0.5, 0.6) is 0 Å². The van der Waals surface area contributed by atoms with Crippen LogP contribution in [0.3, 0.4) is 0 Å². The van der Waals surface area contributed by atoms with Crippen molar-refractivity contribution < 1.29 is 34.7 Å². The molecular formula is C18H19NO8. The van der Waals surface area contributed by atoms with E-state index in [-0.39, 0.29) is 11.1 Å². The third-order valence-corrected chi connectivity index (χ3v) is 4.25. The van der Waals surface area contributed by atoms with Gasteiger partial charge in [-0.15, -0.1) is 0 Å². The van der Waals surface area contributed by atoms with E-state index >= 15 is 0 Å². The molecule has 0 radical (unpaired) electrons. The molecule has 3 rings (SSSR count). The molecule has 9 heteroatoms. The van der Waals surface area contributed by atoms with Crippen molar-refractivity contribution in [1.82, 2.24) is 4.57 Å². The molecule has 27 heavy (non-hydrogen) atoms. The Balaban J connectivity index is 1.81. The lowest BCUT2D eigenvalue weighted by Gasteiger charge is -2.39. The first kappa shape index (κ1) is 19.2. The SMILES string of the molecule is O=C(OC1OC(CO)C(O)C(O)C1O)c1ccc(=O)n(-c2ccccc2)c1. The van der Waals surface area contributed by atoms with E-state index < -0.39 is 43.3 Å². The summed E-state index contributed by atoms with van der Waals surface area (Å²) in [6.45, 7) is -0.641. The number of rotatable bonds is 4. The van der Waals surface area contributed by atoms with E-state index in [1.54, 1.807) is 30.3 Å². The summed E-state index contributed by atoms with van der Waals surface area (Å²) in [5, 5.41) is 38.6. The molecule has 1 aliphatic rings. The van der Waals surface area contributed by atoms with Crippen LogP contribution in [0, 0.1) is 0 Å². The van der Waals surface area contributed by atoms with Crippen LogP contribution < -0.4 is 5.56 Å². The molecule has 0 amide bonds. The lowest BCUT2D eigenvalue weighted by atomic mass is 9.99. The molecule has 1 saturated heterocycles. The molecule has 0 saturated carbocycles. The van der Waals surface area contributed by atoms with Crippen molar-refractivity contribution >= 4 is 5.97 Å². The Morgan fingerprint density at radius 1 is 1.04 bits per heavy atom. The molecule has 2 heterocycles. The Bertz CT molecular complexity index is 850. The summed E-state index contributed by atoms with van der Waals surface area (Å²) in [6.07, 6.45) is -6.42. The fourth-order valence-electron chi connectivity index (χ4n) is 2.74. The standard InChI is InChI=1S/C18H19NO8/c20-9-12-14(22)15(23)16(24)18(26-12)27-17(25)10-6-7-13(21)19(8-10)11-4-2-1-3-5-11/h1-8,12,14-16,18,20,22-24H,9H2. The molecule has 0 spiro atoms. The van der Waals surface area contributed by atoms with Gasteiger partial charge in [0.1, 0.15) is 24.4 Å². The largest absolute Gasteiger partial charge is 0.429 e. The molecule has 1 aromatic heterocycles. The van der Waals surface area contributed by atoms with Gasteiger partial charge in [-0.1, -0.05) is 18.2 Å². The monoisotopic (exact) mass is 377 g/mol. The van der Waals surface area contributed by atoms with Crippen LogP contribution in [-0.4, -0.2) is 68.3 Å². The predicted molar refractivity (Wildman–Crippen MR) is 91.2 cm³/mol. The van der Waals surface area contributed by atoms with Crippen molar-refractivity contribution in [3.8, 4) is 5.69 Å². The van der Waals surface area contributed by atoms with E-state index in [0.717, 1.165) is 0 Å². The smallest absolute Gasteiger partial charge is 0.342 e. The Morgan fingerprint density at radius 3 is 2.41 bits per heavy atom. The number of aliphatic hydroxyl groups excluding tert-OH is 4. The van der Waals surface area contributed by atoms with Crippen LogP contribution >= 0.6 is 0 Å². The van der Waals surface area contributed by atoms with Crippen molar-refractivity contribution in [2.75, 3.05) is 6.61 Å². The number of benzene rings is 1. The molecule has 9 nitrogen and oxygen atoms in total. The van der Waals surface area contributed by atoms with E-state index in [9.17, 15) is 30.0 Å². The Morgan fingerprint density at radius 2 is 1.74 bits per heavy atom. The van der Waals surface area contributed by atoms with Gasteiger partial charge in [-0.25, -0.2) is 4.79 Å². The van der Waals surface area contributed by atoms with Gasteiger partial charge in [0.2, 0.25) is 6.29 Å². The quantitative estimate of drug-likeness (QED) is 0.487. The van der Waals surface area contributed by atoms with Crippen LogP contribution in [0.25, 0.3) is 5.69 Å². The van der Waals surface area contributed by atoms with Crippen molar-refractivity contribution in [3.63, 3.8) is 0 Å². The van der Waals surface area contributed by atoms with Crippen molar-refractivity contribution in [2.45, 2.75) is 30.7 Å². The van der Waals surface area contributed by atoms with Gasteiger partial charge in [0, 0.05) is 18.0 Å². The van der Waals surface area contributed by atoms with Gasteiger partial charge in [-0.2, -0.15) is 0 Å². The fourth-order valence-corrected chi connectivity index (χ4v) is 2.74. The number of pyridine rings is 1. The molecule has 0 bridgehead atoms. The summed E-state index contributed by atoms with van der Waals surface area (Å²) in [4.78, 5) is 24.5. The molecule has 1 fully saturated rings. The second-order valence-corrected chi connectivity index (χ2v) is 6.06. The number of esters is 1. The van der Waals surface area contributed by atoms with Gasteiger partial charge in [0.05, 0.1) is 12.2 Å². The number of aromatic nitrogens is 1. The molecular weight excluding hydrogens is 358 g/mol. The van der Waals surface area contributed by atoms with Gasteiger partial charge >= 0.3 is 5.97 Å². The summed E-state index contributed by atoms with van der Waals surface area (Å²) >= 11 is 0. The van der Waals surface area contributed by atoms with Crippen LogP contribution in [0.15, 0.2) is 53.5 Å². The zero-order valence-electron chi connectivity index (χ0n) is 14.1. The topological polar surface area (TPSA) is 138 Å². The minimum Gasteiger partial charge on any atom is -0.429 e. The highest BCUT2D eigenvalue weighted by Crippen LogP contribution is 2.22. The zero-order valence-corrected chi connectivity index (χ0v) is 14.1. The van der Waals surface area contributed by atoms with Crippen LogP contribution in [0.1, 0.15) is 10.4 Å². The number of aliphatic hydroxyl groups is 4. The van der Waals surface area contributed by atoms with E-state index in [1.807, 2.05) is 0 Å². The summed E-state index contributed by atoms with van der Waals surface area (Å²) < 4.78 is 11.5. The lowest BCUT2D eigenvalue weighted by molar-refractivity contribution is -0.285. The van der Waals surface area contributed by atoms with Crippen molar-refractivity contribution in [1.29, 1.82) is 0 Å². The molecule has 2 aromatic rings. The Labute approximate surface area is 153 Å². The van der Waals surface area contributed by atoms with E-state index in [2.05, 4.69) is 0 Å². The van der Waals surface area contributed by atoms with Crippen LogP contribution in [-0.2, 0) is 9.47 Å².